The van der Waals surface area contributed by atoms with Gasteiger partial charge in [-0.2, -0.15) is 0 Å². The monoisotopic (exact) mass is 450 g/mol. The SMILES string of the molecule is COc1ccc(S(=O)(=O)NC(C)C)cc1NC(=O)/C(=C/c1ccccc1)c1ccccc1. The quantitative estimate of drug-likeness (QED) is 0.389. The standard InChI is InChI=1S/C25H26N2O4S/c1-18(2)27-32(29,30)21-14-15-24(31-3)23(17-21)26-25(28)22(20-12-8-5-9-13-20)16-19-10-6-4-7-11-19/h4-18,27H,1-3H3,(H,26,28)/b22-16+. The Kier molecular flexibility index (Phi) is 7.45. The van der Waals surface area contributed by atoms with Crippen molar-refractivity contribution in [3.05, 3.63) is 90.0 Å². The number of carbonyl (C=O) groups excluding carboxylic acids is 1. The molecular formula is C25H26N2O4S. The van der Waals surface area contributed by atoms with Crippen LogP contribution in [0.2, 0.25) is 0 Å². The van der Waals surface area contributed by atoms with E-state index >= 15 is 0 Å². The smallest absolute Gasteiger partial charge is 0.256 e. The minimum Gasteiger partial charge on any atom is -0.495 e. The van der Waals surface area contributed by atoms with E-state index in [2.05, 4.69) is 10.0 Å². The summed E-state index contributed by atoms with van der Waals surface area (Å²) in [6.07, 6.45) is 1.79. The van der Waals surface area contributed by atoms with Gasteiger partial charge in [-0.3, -0.25) is 4.79 Å². The molecule has 1 amide bonds. The number of sulfonamides is 1. The summed E-state index contributed by atoms with van der Waals surface area (Å²) in [5.41, 5.74) is 2.30. The highest BCUT2D eigenvalue weighted by Gasteiger charge is 2.20. The molecule has 0 fully saturated rings. The van der Waals surface area contributed by atoms with Gasteiger partial charge in [-0.25, -0.2) is 13.1 Å². The normalized spacial score (nSPS) is 11.9. The Hall–Kier alpha value is -3.42. The van der Waals surface area contributed by atoms with E-state index in [1.54, 1.807) is 19.9 Å². The summed E-state index contributed by atoms with van der Waals surface area (Å²) in [4.78, 5) is 13.4. The Morgan fingerprint density at radius 1 is 0.938 bits per heavy atom. The highest BCUT2D eigenvalue weighted by atomic mass is 32.2. The summed E-state index contributed by atoms with van der Waals surface area (Å²) in [6.45, 7) is 3.48. The van der Waals surface area contributed by atoms with E-state index < -0.39 is 10.0 Å². The van der Waals surface area contributed by atoms with Crippen molar-refractivity contribution in [1.29, 1.82) is 0 Å². The topological polar surface area (TPSA) is 84.5 Å². The summed E-state index contributed by atoms with van der Waals surface area (Å²) in [6, 6.07) is 22.9. The molecule has 0 bridgehead atoms. The Bertz CT molecular complexity index is 1210. The van der Waals surface area contributed by atoms with Gasteiger partial charge in [-0.05, 0) is 49.2 Å². The van der Waals surface area contributed by atoms with E-state index in [1.165, 1.54) is 25.3 Å². The zero-order valence-corrected chi connectivity index (χ0v) is 19.0. The van der Waals surface area contributed by atoms with Crippen molar-refractivity contribution in [2.45, 2.75) is 24.8 Å². The van der Waals surface area contributed by atoms with Crippen LogP contribution >= 0.6 is 0 Å². The van der Waals surface area contributed by atoms with Crippen LogP contribution < -0.4 is 14.8 Å². The van der Waals surface area contributed by atoms with Crippen molar-refractivity contribution in [1.82, 2.24) is 4.72 Å². The van der Waals surface area contributed by atoms with Gasteiger partial charge in [0.15, 0.2) is 0 Å². The summed E-state index contributed by atoms with van der Waals surface area (Å²) < 4.78 is 33.1. The Labute approximate surface area is 189 Å². The predicted octanol–water partition coefficient (Wildman–Crippen LogP) is 4.56. The first-order valence-electron chi connectivity index (χ1n) is 10.1. The number of anilines is 1. The molecule has 32 heavy (non-hydrogen) atoms. The molecule has 0 saturated carbocycles. The van der Waals surface area contributed by atoms with Gasteiger partial charge in [0.05, 0.1) is 17.7 Å². The number of rotatable bonds is 8. The van der Waals surface area contributed by atoms with Gasteiger partial charge < -0.3 is 10.1 Å². The average molecular weight is 451 g/mol. The van der Waals surface area contributed by atoms with Gasteiger partial charge in [0.1, 0.15) is 5.75 Å². The number of hydrogen-bond donors (Lipinski definition) is 2. The summed E-state index contributed by atoms with van der Waals surface area (Å²) in [5.74, 6) is -0.0290. The van der Waals surface area contributed by atoms with E-state index in [4.69, 9.17) is 4.74 Å². The first-order valence-corrected chi connectivity index (χ1v) is 11.6. The van der Waals surface area contributed by atoms with Crippen molar-refractivity contribution < 1.29 is 17.9 Å². The van der Waals surface area contributed by atoms with Crippen LogP contribution in [0.4, 0.5) is 5.69 Å². The zero-order chi connectivity index (χ0) is 23.1. The van der Waals surface area contributed by atoms with Gasteiger partial charge in [-0.15, -0.1) is 0 Å². The fourth-order valence-electron chi connectivity index (χ4n) is 3.13. The lowest BCUT2D eigenvalue weighted by atomic mass is 10.0. The van der Waals surface area contributed by atoms with Crippen LogP contribution in [0, 0.1) is 0 Å². The maximum absolute atomic E-state index is 13.3. The Morgan fingerprint density at radius 3 is 2.16 bits per heavy atom. The number of ether oxygens (including phenoxy) is 1. The van der Waals surface area contributed by atoms with Crippen LogP contribution in [-0.2, 0) is 14.8 Å². The van der Waals surface area contributed by atoms with E-state index in [0.29, 0.717) is 11.3 Å². The molecule has 0 aromatic heterocycles. The second-order valence-corrected chi connectivity index (χ2v) is 9.14. The molecule has 0 atom stereocenters. The molecule has 0 spiro atoms. The molecular weight excluding hydrogens is 424 g/mol. The van der Waals surface area contributed by atoms with E-state index in [0.717, 1.165) is 11.1 Å². The number of benzene rings is 3. The fourth-order valence-corrected chi connectivity index (χ4v) is 4.41. The van der Waals surface area contributed by atoms with E-state index in [1.807, 2.05) is 60.7 Å². The molecule has 0 unspecified atom stereocenters. The Balaban J connectivity index is 2.01. The van der Waals surface area contributed by atoms with Crippen molar-refractivity contribution in [2.24, 2.45) is 0 Å². The summed E-state index contributed by atoms with van der Waals surface area (Å²) >= 11 is 0. The van der Waals surface area contributed by atoms with Gasteiger partial charge in [0.2, 0.25) is 10.0 Å². The number of hydrogen-bond acceptors (Lipinski definition) is 4. The van der Waals surface area contributed by atoms with E-state index in [-0.39, 0.29) is 22.5 Å². The molecule has 0 aliphatic carbocycles. The fraction of sp³-hybridized carbons (Fsp3) is 0.160. The van der Waals surface area contributed by atoms with Crippen LogP contribution in [0.25, 0.3) is 11.6 Å². The number of carbonyl (C=O) groups is 1. The predicted molar refractivity (Wildman–Crippen MR) is 128 cm³/mol. The van der Waals surface area contributed by atoms with Gasteiger partial charge in [0.25, 0.3) is 5.91 Å². The number of amides is 1. The molecule has 166 valence electrons. The summed E-state index contributed by atoms with van der Waals surface area (Å²) in [5, 5.41) is 2.82. The maximum atomic E-state index is 13.3. The summed E-state index contributed by atoms with van der Waals surface area (Å²) in [7, 11) is -2.27. The first-order chi connectivity index (χ1) is 15.3. The van der Waals surface area contributed by atoms with Gasteiger partial charge >= 0.3 is 0 Å². The molecule has 7 heteroatoms. The Morgan fingerprint density at radius 2 is 1.56 bits per heavy atom. The van der Waals surface area contributed by atoms with E-state index in [9.17, 15) is 13.2 Å². The lowest BCUT2D eigenvalue weighted by Gasteiger charge is -2.15. The lowest BCUT2D eigenvalue weighted by molar-refractivity contribution is -0.111. The minimum atomic E-state index is -3.74. The first kappa shape index (κ1) is 23.2. The molecule has 3 rings (SSSR count). The zero-order valence-electron chi connectivity index (χ0n) is 18.2. The van der Waals surface area contributed by atoms with Crippen LogP contribution in [0.5, 0.6) is 5.75 Å². The van der Waals surface area contributed by atoms with Crippen LogP contribution in [-0.4, -0.2) is 27.5 Å². The van der Waals surface area contributed by atoms with Gasteiger partial charge in [-0.1, -0.05) is 60.7 Å². The highest BCUT2D eigenvalue weighted by Crippen LogP contribution is 2.29. The molecule has 6 nitrogen and oxygen atoms in total. The molecule has 3 aromatic rings. The van der Waals surface area contributed by atoms with Crippen molar-refractivity contribution in [3.63, 3.8) is 0 Å². The van der Waals surface area contributed by atoms with Crippen LogP contribution in [0.1, 0.15) is 25.0 Å². The molecule has 3 aromatic carbocycles. The third-order valence-corrected chi connectivity index (χ3v) is 6.22. The second-order valence-electron chi connectivity index (χ2n) is 7.43. The molecule has 2 N–H and O–H groups in total. The number of methoxy groups -OCH3 is 1. The van der Waals surface area contributed by atoms with Crippen molar-refractivity contribution in [3.8, 4) is 5.75 Å². The number of nitrogens with one attached hydrogen (secondary N) is 2. The van der Waals surface area contributed by atoms with Gasteiger partial charge in [0, 0.05) is 11.6 Å². The molecule has 0 saturated heterocycles. The van der Waals surface area contributed by atoms with Crippen LogP contribution in [0.15, 0.2) is 83.8 Å². The largest absolute Gasteiger partial charge is 0.495 e. The highest BCUT2D eigenvalue weighted by molar-refractivity contribution is 7.89. The maximum Gasteiger partial charge on any atom is 0.256 e. The van der Waals surface area contributed by atoms with Crippen molar-refractivity contribution in [2.75, 3.05) is 12.4 Å². The average Bonchev–Trinajstić information content (AvgIpc) is 2.78. The molecule has 0 aliphatic rings. The third kappa shape index (κ3) is 5.84. The second kappa shape index (κ2) is 10.3. The lowest BCUT2D eigenvalue weighted by Crippen LogP contribution is -2.30. The van der Waals surface area contributed by atoms with Crippen molar-refractivity contribution >= 4 is 33.3 Å². The molecule has 0 radical (unpaired) electrons. The molecule has 0 heterocycles. The van der Waals surface area contributed by atoms with Crippen LogP contribution in [0.3, 0.4) is 0 Å². The minimum absolute atomic E-state index is 0.0376. The third-order valence-electron chi connectivity index (χ3n) is 4.56. The molecule has 0 aliphatic heterocycles.